The number of allylic oxidation sites excluding steroid dienone is 1. The Bertz CT molecular complexity index is 1110. The fraction of sp³-hybridized carbons (Fsp3) is 0.0667. The standard InChI is InChI=1S/C15H10N6S2/c1-2-5-20-14-10(8-17)12(11-4-3-6-23-11)9(7-16)13(18)21(14)19-15(20)22/h2-4,6,18H,1,5H2,(H,19,22). The molecule has 3 aromatic rings. The maximum atomic E-state index is 9.71. The topological polar surface area (TPSA) is 96.6 Å². The molecule has 0 unspecified atom stereocenters. The van der Waals surface area contributed by atoms with E-state index in [2.05, 4.69) is 17.7 Å². The molecule has 0 saturated carbocycles. The fourth-order valence-electron chi connectivity index (χ4n) is 2.48. The molecule has 0 aromatic carbocycles. The van der Waals surface area contributed by atoms with Crippen LogP contribution in [0.4, 0.5) is 0 Å². The molecule has 0 spiro atoms. The van der Waals surface area contributed by atoms with Crippen molar-refractivity contribution in [1.29, 1.82) is 15.9 Å². The first-order valence-corrected chi connectivity index (χ1v) is 7.84. The first kappa shape index (κ1) is 15.0. The van der Waals surface area contributed by atoms with Gasteiger partial charge >= 0.3 is 0 Å². The first-order chi connectivity index (χ1) is 11.1. The molecule has 3 rings (SSSR count). The van der Waals surface area contributed by atoms with Gasteiger partial charge in [0.25, 0.3) is 0 Å². The largest absolute Gasteiger partial charge is 0.297 e. The molecule has 0 radical (unpaired) electrons. The van der Waals surface area contributed by atoms with Crippen LogP contribution in [0.2, 0.25) is 0 Å². The van der Waals surface area contributed by atoms with Gasteiger partial charge in [-0.15, -0.1) is 17.9 Å². The van der Waals surface area contributed by atoms with Gasteiger partial charge in [-0.05, 0) is 23.7 Å². The summed E-state index contributed by atoms with van der Waals surface area (Å²) < 4.78 is 3.43. The zero-order valence-electron chi connectivity index (χ0n) is 11.8. The van der Waals surface area contributed by atoms with Gasteiger partial charge in [-0.1, -0.05) is 12.1 Å². The van der Waals surface area contributed by atoms with E-state index in [1.165, 1.54) is 15.9 Å². The smallest absolute Gasteiger partial charge is 0.194 e. The molecule has 0 saturated heterocycles. The summed E-state index contributed by atoms with van der Waals surface area (Å²) in [6, 6.07) is 7.89. The average Bonchev–Trinajstić information content (AvgIpc) is 3.17. The van der Waals surface area contributed by atoms with E-state index in [1.54, 1.807) is 10.6 Å². The van der Waals surface area contributed by atoms with Crippen LogP contribution in [0.15, 0.2) is 30.2 Å². The SMILES string of the molecule is C=CCn1c(=S)[nH]n2c(=N)c(C#N)c(-c3cccs3)c(C#N)c12. The summed E-state index contributed by atoms with van der Waals surface area (Å²) in [5.41, 5.74) is 1.36. The Labute approximate surface area is 140 Å². The Morgan fingerprint density at radius 2 is 2.13 bits per heavy atom. The van der Waals surface area contributed by atoms with Crippen LogP contribution in [0.1, 0.15) is 11.1 Å². The Balaban J connectivity index is 2.63. The summed E-state index contributed by atoms with van der Waals surface area (Å²) in [7, 11) is 0. The third-order valence-corrected chi connectivity index (χ3v) is 4.61. The molecular formula is C15H10N6S2. The van der Waals surface area contributed by atoms with E-state index in [0.29, 0.717) is 28.1 Å². The number of fused-ring (bicyclic) bond motifs is 1. The molecule has 8 heteroatoms. The third-order valence-electron chi connectivity index (χ3n) is 3.41. The van der Waals surface area contributed by atoms with Crippen molar-refractivity contribution in [3.05, 3.63) is 51.6 Å². The number of hydrogen-bond acceptors (Lipinski definition) is 5. The van der Waals surface area contributed by atoms with Crippen molar-refractivity contribution in [1.82, 2.24) is 14.2 Å². The zero-order chi connectivity index (χ0) is 16.6. The van der Waals surface area contributed by atoms with E-state index in [-0.39, 0.29) is 11.1 Å². The molecule has 0 aliphatic carbocycles. The third kappa shape index (κ3) is 2.13. The molecule has 0 aliphatic heterocycles. The Hall–Kier alpha value is -2.94. The van der Waals surface area contributed by atoms with Crippen molar-refractivity contribution >= 4 is 29.2 Å². The predicted octanol–water partition coefficient (Wildman–Crippen LogP) is 2.94. The van der Waals surface area contributed by atoms with Gasteiger partial charge in [-0.2, -0.15) is 10.5 Å². The molecule has 0 bridgehead atoms. The summed E-state index contributed by atoms with van der Waals surface area (Å²) in [5.74, 6) is 0. The number of nitriles is 2. The van der Waals surface area contributed by atoms with Crippen LogP contribution < -0.4 is 5.49 Å². The van der Waals surface area contributed by atoms with Crippen molar-refractivity contribution in [3.8, 4) is 22.6 Å². The van der Waals surface area contributed by atoms with Gasteiger partial charge in [0.2, 0.25) is 0 Å². The lowest BCUT2D eigenvalue weighted by molar-refractivity contribution is 0.835. The molecule has 3 aromatic heterocycles. The van der Waals surface area contributed by atoms with Crippen molar-refractivity contribution < 1.29 is 0 Å². The van der Waals surface area contributed by atoms with Crippen LogP contribution in [0, 0.1) is 32.8 Å². The molecule has 3 heterocycles. The van der Waals surface area contributed by atoms with Crippen LogP contribution in [0.3, 0.4) is 0 Å². The fourth-order valence-corrected chi connectivity index (χ4v) is 3.52. The predicted molar refractivity (Wildman–Crippen MR) is 89.4 cm³/mol. The van der Waals surface area contributed by atoms with E-state index in [9.17, 15) is 10.5 Å². The Morgan fingerprint density at radius 3 is 2.70 bits per heavy atom. The molecule has 0 aliphatic rings. The van der Waals surface area contributed by atoms with Gasteiger partial charge < -0.3 is 0 Å². The van der Waals surface area contributed by atoms with Crippen molar-refractivity contribution in [2.45, 2.75) is 6.54 Å². The summed E-state index contributed by atoms with van der Waals surface area (Å²) in [5, 5.41) is 32.3. The maximum Gasteiger partial charge on any atom is 0.194 e. The quantitative estimate of drug-likeness (QED) is 0.567. The number of aromatic amines is 1. The average molecular weight is 338 g/mol. The molecule has 0 fully saturated rings. The summed E-state index contributed by atoms with van der Waals surface area (Å²) in [4.78, 5) is 0.770. The van der Waals surface area contributed by atoms with Gasteiger partial charge in [-0.3, -0.25) is 15.1 Å². The lowest BCUT2D eigenvalue weighted by Crippen LogP contribution is -2.20. The van der Waals surface area contributed by atoms with Gasteiger partial charge in [-0.25, -0.2) is 4.52 Å². The minimum Gasteiger partial charge on any atom is -0.297 e. The van der Waals surface area contributed by atoms with Crippen LogP contribution in [-0.4, -0.2) is 14.2 Å². The Morgan fingerprint density at radius 1 is 1.39 bits per heavy atom. The van der Waals surface area contributed by atoms with Crippen LogP contribution in [-0.2, 0) is 6.54 Å². The van der Waals surface area contributed by atoms with Crippen LogP contribution in [0.5, 0.6) is 0 Å². The number of pyridine rings is 1. The molecule has 6 nitrogen and oxygen atoms in total. The molecule has 0 atom stereocenters. The zero-order valence-corrected chi connectivity index (χ0v) is 13.5. The van der Waals surface area contributed by atoms with Gasteiger partial charge in [0.05, 0.1) is 0 Å². The molecular weight excluding hydrogens is 328 g/mol. The first-order valence-electron chi connectivity index (χ1n) is 6.55. The number of nitrogens with one attached hydrogen (secondary N) is 2. The van der Waals surface area contributed by atoms with E-state index < -0.39 is 0 Å². The lowest BCUT2D eigenvalue weighted by atomic mass is 10.0. The minimum absolute atomic E-state index is 0.0289. The summed E-state index contributed by atoms with van der Waals surface area (Å²) in [6.07, 6.45) is 1.66. The second-order valence-corrected chi connectivity index (χ2v) is 5.98. The number of thiophene rings is 1. The monoisotopic (exact) mass is 338 g/mol. The van der Waals surface area contributed by atoms with Crippen LogP contribution >= 0.6 is 23.6 Å². The highest BCUT2D eigenvalue weighted by Crippen LogP contribution is 2.31. The highest BCUT2D eigenvalue weighted by Gasteiger charge is 2.21. The minimum atomic E-state index is -0.0289. The number of rotatable bonds is 3. The normalized spacial score (nSPS) is 10.3. The van der Waals surface area contributed by atoms with Gasteiger partial charge in [0.15, 0.2) is 15.9 Å². The van der Waals surface area contributed by atoms with Crippen molar-refractivity contribution in [2.24, 2.45) is 0 Å². The summed E-state index contributed by atoms with van der Waals surface area (Å²) in [6.45, 7) is 4.10. The molecule has 0 amide bonds. The molecule has 23 heavy (non-hydrogen) atoms. The highest BCUT2D eigenvalue weighted by molar-refractivity contribution is 7.71. The van der Waals surface area contributed by atoms with E-state index >= 15 is 0 Å². The Kier molecular flexibility index (Phi) is 3.70. The number of aromatic nitrogens is 3. The second kappa shape index (κ2) is 5.69. The summed E-state index contributed by atoms with van der Waals surface area (Å²) >= 11 is 6.69. The maximum absolute atomic E-state index is 9.71. The molecule has 112 valence electrons. The number of hydrogen-bond donors (Lipinski definition) is 2. The van der Waals surface area contributed by atoms with Gasteiger partial charge in [0.1, 0.15) is 23.3 Å². The van der Waals surface area contributed by atoms with Crippen molar-refractivity contribution in [3.63, 3.8) is 0 Å². The molecule has 2 N–H and O–H groups in total. The van der Waals surface area contributed by atoms with Crippen LogP contribution in [0.25, 0.3) is 16.1 Å². The number of nitrogens with zero attached hydrogens (tertiary/aromatic N) is 4. The van der Waals surface area contributed by atoms with Crippen molar-refractivity contribution in [2.75, 3.05) is 0 Å². The van der Waals surface area contributed by atoms with E-state index in [0.717, 1.165) is 4.88 Å². The van der Waals surface area contributed by atoms with Gasteiger partial charge in [0, 0.05) is 17.0 Å². The highest BCUT2D eigenvalue weighted by atomic mass is 32.1. The van der Waals surface area contributed by atoms with E-state index in [4.69, 9.17) is 17.6 Å². The number of H-pyrrole nitrogens is 1. The van der Waals surface area contributed by atoms with E-state index in [1.807, 2.05) is 23.6 Å². The second-order valence-electron chi connectivity index (χ2n) is 4.65. The lowest BCUT2D eigenvalue weighted by Gasteiger charge is -2.09.